The van der Waals surface area contributed by atoms with Gasteiger partial charge in [0.15, 0.2) is 0 Å². The molecule has 2 aromatic rings. The Bertz CT molecular complexity index is 990. The van der Waals surface area contributed by atoms with E-state index in [1.165, 1.54) is 0 Å². The first-order valence-corrected chi connectivity index (χ1v) is 9.62. The van der Waals surface area contributed by atoms with Crippen LogP contribution in [-0.2, 0) is 9.59 Å². The molecule has 1 saturated heterocycles. The number of benzene rings is 2. The molecule has 0 spiro atoms. The predicted molar refractivity (Wildman–Crippen MR) is 109 cm³/mol. The van der Waals surface area contributed by atoms with Crippen LogP contribution < -0.4 is 15.0 Å². The van der Waals surface area contributed by atoms with Crippen molar-refractivity contribution >= 4 is 29.1 Å². The standard InChI is InChI=1S/C22H23N3O4/c1-22-13-11-20(27)25(22)17-9-5-3-7-15(17)21(28)24(22)14-12-19(26)23-16-8-4-6-10-18(16)29-2/h3-10H,11-14H2,1-2H3,(H,23,26). The van der Waals surface area contributed by atoms with E-state index in [4.69, 9.17) is 4.74 Å². The fraction of sp³-hybridized carbons (Fsp3) is 0.318. The third kappa shape index (κ3) is 3.12. The van der Waals surface area contributed by atoms with Crippen molar-refractivity contribution in [3.8, 4) is 5.75 Å². The van der Waals surface area contributed by atoms with Gasteiger partial charge in [-0.25, -0.2) is 0 Å². The van der Waals surface area contributed by atoms with E-state index >= 15 is 0 Å². The average molecular weight is 393 g/mol. The number of amides is 3. The van der Waals surface area contributed by atoms with Gasteiger partial charge in [-0.3, -0.25) is 19.3 Å². The molecule has 0 aromatic heterocycles. The predicted octanol–water partition coefficient (Wildman–Crippen LogP) is 3.02. The Balaban J connectivity index is 1.55. The van der Waals surface area contributed by atoms with Gasteiger partial charge in [0.25, 0.3) is 5.91 Å². The Labute approximate surface area is 169 Å². The van der Waals surface area contributed by atoms with E-state index in [-0.39, 0.29) is 30.7 Å². The number of ether oxygens (including phenoxy) is 1. The van der Waals surface area contributed by atoms with Crippen molar-refractivity contribution in [2.24, 2.45) is 0 Å². The molecule has 0 saturated carbocycles. The maximum Gasteiger partial charge on any atom is 0.257 e. The number of carbonyl (C=O) groups excluding carboxylic acids is 3. The first kappa shape index (κ1) is 19.0. The molecular formula is C22H23N3O4. The zero-order chi connectivity index (χ0) is 20.6. The molecule has 2 aliphatic heterocycles. The highest BCUT2D eigenvalue weighted by atomic mass is 16.5. The summed E-state index contributed by atoms with van der Waals surface area (Å²) in [5.74, 6) is 0.194. The van der Waals surface area contributed by atoms with Gasteiger partial charge in [0.2, 0.25) is 11.8 Å². The van der Waals surface area contributed by atoms with Crippen LogP contribution in [0.15, 0.2) is 48.5 Å². The summed E-state index contributed by atoms with van der Waals surface area (Å²) >= 11 is 0. The van der Waals surface area contributed by atoms with Crippen molar-refractivity contribution in [3.05, 3.63) is 54.1 Å². The average Bonchev–Trinajstić information content (AvgIpc) is 3.03. The first-order valence-electron chi connectivity index (χ1n) is 9.62. The summed E-state index contributed by atoms with van der Waals surface area (Å²) < 4.78 is 5.26. The van der Waals surface area contributed by atoms with Crippen LogP contribution in [0.3, 0.4) is 0 Å². The fourth-order valence-electron chi connectivity index (χ4n) is 4.22. The van der Waals surface area contributed by atoms with Crippen molar-refractivity contribution in [1.29, 1.82) is 0 Å². The fourth-order valence-corrected chi connectivity index (χ4v) is 4.22. The third-order valence-electron chi connectivity index (χ3n) is 5.69. The third-order valence-corrected chi connectivity index (χ3v) is 5.69. The van der Waals surface area contributed by atoms with E-state index in [1.807, 2.05) is 25.1 Å². The van der Waals surface area contributed by atoms with Crippen LogP contribution in [0.1, 0.15) is 36.5 Å². The number of anilines is 2. The van der Waals surface area contributed by atoms with E-state index < -0.39 is 5.66 Å². The Morgan fingerprint density at radius 1 is 1.14 bits per heavy atom. The number of carbonyl (C=O) groups is 3. The molecule has 1 fully saturated rings. The molecule has 7 nitrogen and oxygen atoms in total. The van der Waals surface area contributed by atoms with Crippen molar-refractivity contribution in [1.82, 2.24) is 4.90 Å². The van der Waals surface area contributed by atoms with Crippen LogP contribution in [0.25, 0.3) is 0 Å². The van der Waals surface area contributed by atoms with Gasteiger partial charge in [0.1, 0.15) is 11.4 Å². The highest BCUT2D eigenvalue weighted by Crippen LogP contribution is 2.44. The Morgan fingerprint density at radius 3 is 2.66 bits per heavy atom. The maximum atomic E-state index is 13.2. The Hall–Kier alpha value is -3.35. The van der Waals surface area contributed by atoms with E-state index in [0.29, 0.717) is 35.5 Å². The number of nitrogens with one attached hydrogen (secondary N) is 1. The summed E-state index contributed by atoms with van der Waals surface area (Å²) in [7, 11) is 1.54. The van der Waals surface area contributed by atoms with Gasteiger partial charge in [0.05, 0.1) is 24.0 Å². The lowest BCUT2D eigenvalue weighted by Crippen LogP contribution is -2.62. The summed E-state index contributed by atoms with van der Waals surface area (Å²) in [6.45, 7) is 2.11. The van der Waals surface area contributed by atoms with Crippen LogP contribution in [0.4, 0.5) is 11.4 Å². The molecule has 0 bridgehead atoms. The van der Waals surface area contributed by atoms with Gasteiger partial charge >= 0.3 is 0 Å². The molecule has 0 radical (unpaired) electrons. The monoisotopic (exact) mass is 393 g/mol. The maximum absolute atomic E-state index is 13.2. The lowest BCUT2D eigenvalue weighted by atomic mass is 9.98. The molecule has 29 heavy (non-hydrogen) atoms. The molecule has 7 heteroatoms. The molecule has 2 aromatic carbocycles. The van der Waals surface area contributed by atoms with Gasteiger partial charge in [-0.1, -0.05) is 24.3 Å². The van der Waals surface area contributed by atoms with Crippen molar-refractivity contribution in [2.45, 2.75) is 31.8 Å². The number of rotatable bonds is 5. The molecule has 150 valence electrons. The first-order chi connectivity index (χ1) is 14.0. The topological polar surface area (TPSA) is 79.0 Å². The van der Waals surface area contributed by atoms with Gasteiger partial charge < -0.3 is 15.0 Å². The van der Waals surface area contributed by atoms with Gasteiger partial charge in [0, 0.05) is 19.4 Å². The zero-order valence-corrected chi connectivity index (χ0v) is 16.5. The lowest BCUT2D eigenvalue weighted by Gasteiger charge is -2.48. The van der Waals surface area contributed by atoms with E-state index in [9.17, 15) is 14.4 Å². The number of methoxy groups -OCH3 is 1. The minimum Gasteiger partial charge on any atom is -0.495 e. The summed E-state index contributed by atoms with van der Waals surface area (Å²) in [4.78, 5) is 41.7. The molecule has 4 rings (SSSR count). The Kier molecular flexibility index (Phi) is 4.74. The van der Waals surface area contributed by atoms with E-state index in [2.05, 4.69) is 5.32 Å². The minimum absolute atomic E-state index is 0.00377. The second kappa shape index (κ2) is 7.24. The molecule has 0 aliphatic carbocycles. The molecule has 1 atom stereocenters. The van der Waals surface area contributed by atoms with Crippen LogP contribution in [0.2, 0.25) is 0 Å². The van der Waals surface area contributed by atoms with Crippen LogP contribution in [-0.4, -0.2) is 41.9 Å². The largest absolute Gasteiger partial charge is 0.495 e. The smallest absolute Gasteiger partial charge is 0.257 e. The van der Waals surface area contributed by atoms with Gasteiger partial charge in [-0.15, -0.1) is 0 Å². The van der Waals surface area contributed by atoms with Gasteiger partial charge in [-0.2, -0.15) is 0 Å². The van der Waals surface area contributed by atoms with Crippen LogP contribution in [0, 0.1) is 0 Å². The highest BCUT2D eigenvalue weighted by molar-refractivity contribution is 6.10. The minimum atomic E-state index is -0.757. The number of hydrogen-bond acceptors (Lipinski definition) is 4. The SMILES string of the molecule is COc1ccccc1NC(=O)CCN1C(=O)c2ccccc2N2C(=O)CCC12C. The number of hydrogen-bond donors (Lipinski definition) is 1. The number of fused-ring (bicyclic) bond motifs is 3. The van der Waals surface area contributed by atoms with Crippen molar-refractivity contribution in [3.63, 3.8) is 0 Å². The van der Waals surface area contributed by atoms with Gasteiger partial charge in [-0.05, 0) is 37.6 Å². The zero-order valence-electron chi connectivity index (χ0n) is 16.5. The van der Waals surface area contributed by atoms with E-state index in [0.717, 1.165) is 0 Å². The van der Waals surface area contributed by atoms with Crippen molar-refractivity contribution in [2.75, 3.05) is 23.9 Å². The van der Waals surface area contributed by atoms with Crippen LogP contribution in [0.5, 0.6) is 5.75 Å². The summed E-state index contributed by atoms with van der Waals surface area (Å²) in [5, 5.41) is 2.83. The summed E-state index contributed by atoms with van der Waals surface area (Å²) in [6, 6.07) is 14.3. The van der Waals surface area contributed by atoms with Crippen LogP contribution >= 0.6 is 0 Å². The van der Waals surface area contributed by atoms with Crippen molar-refractivity contribution < 1.29 is 19.1 Å². The molecule has 2 heterocycles. The van der Waals surface area contributed by atoms with E-state index in [1.54, 1.807) is 47.2 Å². The molecule has 1 N–H and O–H groups in total. The number of para-hydroxylation sites is 3. The molecule has 1 unspecified atom stereocenters. The normalized spacial score (nSPS) is 20.3. The quantitative estimate of drug-likeness (QED) is 0.847. The Morgan fingerprint density at radius 2 is 1.86 bits per heavy atom. The molecule has 3 amide bonds. The second-order valence-electron chi connectivity index (χ2n) is 7.42. The second-order valence-corrected chi connectivity index (χ2v) is 7.42. The summed E-state index contributed by atoms with van der Waals surface area (Å²) in [6.07, 6.45) is 1.03. The lowest BCUT2D eigenvalue weighted by molar-refractivity contribution is -0.117. The summed E-state index contributed by atoms with van der Waals surface area (Å²) in [5.41, 5.74) is 0.967. The highest BCUT2D eigenvalue weighted by Gasteiger charge is 2.52. The molecular weight excluding hydrogens is 370 g/mol. The number of nitrogens with zero attached hydrogens (tertiary/aromatic N) is 2. The molecule has 2 aliphatic rings.